The predicted molar refractivity (Wildman–Crippen MR) is 99.1 cm³/mol. The van der Waals surface area contributed by atoms with Crippen LogP contribution in [0.1, 0.15) is 29.6 Å². The lowest BCUT2D eigenvalue weighted by Crippen LogP contribution is -2.21. The van der Waals surface area contributed by atoms with Crippen LogP contribution in [0.15, 0.2) is 42.6 Å². The molecule has 0 amide bonds. The zero-order valence-electron chi connectivity index (χ0n) is 15.5. The van der Waals surface area contributed by atoms with Gasteiger partial charge in [0.1, 0.15) is 5.82 Å². The fraction of sp³-hybridized carbons (Fsp3) is 0.350. The third-order valence-electron chi connectivity index (χ3n) is 4.84. The number of rotatable bonds is 5. The molecule has 1 saturated heterocycles. The Morgan fingerprint density at radius 2 is 2.07 bits per heavy atom. The molecule has 0 spiro atoms. The van der Waals surface area contributed by atoms with Crippen molar-refractivity contribution in [1.82, 2.24) is 24.6 Å². The Hall–Kier alpha value is -2.80. The minimum atomic E-state index is -0.404. The van der Waals surface area contributed by atoms with Gasteiger partial charge in [0.05, 0.1) is 5.69 Å². The highest BCUT2D eigenvalue weighted by atomic mass is 19.1. The van der Waals surface area contributed by atoms with E-state index in [9.17, 15) is 4.39 Å². The second kappa shape index (κ2) is 7.44. The molecule has 6 nitrogen and oxygen atoms in total. The molecule has 2 aromatic heterocycles. The lowest BCUT2D eigenvalue weighted by molar-refractivity contribution is 0.315. The highest BCUT2D eigenvalue weighted by Gasteiger charge is 2.27. The lowest BCUT2D eigenvalue weighted by Gasteiger charge is -2.16. The summed E-state index contributed by atoms with van der Waals surface area (Å²) >= 11 is 0. The minimum absolute atomic E-state index is 0.172. The first kappa shape index (κ1) is 17.6. The summed E-state index contributed by atoms with van der Waals surface area (Å²) in [6.45, 7) is 4.63. The van der Waals surface area contributed by atoms with E-state index in [0.717, 1.165) is 37.6 Å². The van der Waals surface area contributed by atoms with E-state index in [1.165, 1.54) is 11.8 Å². The molecule has 1 unspecified atom stereocenters. The van der Waals surface area contributed by atoms with E-state index in [1.54, 1.807) is 24.3 Å². The molecule has 27 heavy (non-hydrogen) atoms. The van der Waals surface area contributed by atoms with Crippen LogP contribution >= 0.6 is 0 Å². The minimum Gasteiger partial charge on any atom is -0.436 e. The van der Waals surface area contributed by atoms with E-state index in [4.69, 9.17) is 4.74 Å². The van der Waals surface area contributed by atoms with Crippen molar-refractivity contribution in [3.05, 3.63) is 65.6 Å². The Balaban J connectivity index is 1.48. The maximum Gasteiger partial charge on any atom is 0.222 e. The molecule has 3 aromatic rings. The fourth-order valence-electron chi connectivity index (χ4n) is 3.41. The summed E-state index contributed by atoms with van der Waals surface area (Å²) in [4.78, 5) is 11.5. The summed E-state index contributed by atoms with van der Waals surface area (Å²) in [5.41, 5.74) is 2.00. The van der Waals surface area contributed by atoms with Crippen molar-refractivity contribution in [2.45, 2.75) is 25.8 Å². The van der Waals surface area contributed by atoms with Crippen molar-refractivity contribution >= 4 is 0 Å². The number of nitrogens with zero attached hydrogens (tertiary/aromatic N) is 5. The Morgan fingerprint density at radius 3 is 2.85 bits per heavy atom. The normalized spacial score (nSPS) is 17.4. The first-order valence-corrected chi connectivity index (χ1v) is 9.05. The monoisotopic (exact) mass is 367 g/mol. The van der Waals surface area contributed by atoms with Crippen LogP contribution in [0, 0.1) is 12.7 Å². The number of likely N-dealkylation sites (tertiary alicyclic amines) is 1. The van der Waals surface area contributed by atoms with Crippen LogP contribution in [-0.4, -0.2) is 37.7 Å². The number of para-hydroxylation sites is 1. The Labute approximate surface area is 157 Å². The van der Waals surface area contributed by atoms with Gasteiger partial charge in [-0.2, -0.15) is 10.1 Å². The maximum atomic E-state index is 13.9. The van der Waals surface area contributed by atoms with Crippen molar-refractivity contribution < 1.29 is 9.13 Å². The van der Waals surface area contributed by atoms with E-state index in [1.807, 2.05) is 30.9 Å². The summed E-state index contributed by atoms with van der Waals surface area (Å²) in [6, 6.07) is 10.1. The van der Waals surface area contributed by atoms with Gasteiger partial charge in [0.15, 0.2) is 11.6 Å². The molecule has 1 fully saturated rings. The van der Waals surface area contributed by atoms with Crippen molar-refractivity contribution in [2.24, 2.45) is 7.05 Å². The van der Waals surface area contributed by atoms with E-state index < -0.39 is 5.82 Å². The van der Waals surface area contributed by atoms with E-state index in [0.29, 0.717) is 5.88 Å². The van der Waals surface area contributed by atoms with Gasteiger partial charge in [0.25, 0.3) is 0 Å². The van der Waals surface area contributed by atoms with Gasteiger partial charge in [-0.3, -0.25) is 9.58 Å². The summed E-state index contributed by atoms with van der Waals surface area (Å²) in [5, 5.41) is 4.22. The van der Waals surface area contributed by atoms with Crippen LogP contribution in [-0.2, 0) is 13.6 Å². The number of aryl methyl sites for hydroxylation is 2. The lowest BCUT2D eigenvalue weighted by atomic mass is 10.1. The third kappa shape index (κ3) is 3.98. The third-order valence-corrected chi connectivity index (χ3v) is 4.84. The largest absolute Gasteiger partial charge is 0.436 e. The van der Waals surface area contributed by atoms with Gasteiger partial charge in [-0.25, -0.2) is 9.37 Å². The second-order valence-electron chi connectivity index (χ2n) is 6.91. The summed E-state index contributed by atoms with van der Waals surface area (Å²) < 4.78 is 21.4. The van der Waals surface area contributed by atoms with Crippen LogP contribution in [0.2, 0.25) is 0 Å². The van der Waals surface area contributed by atoms with Crippen LogP contribution < -0.4 is 4.74 Å². The molecule has 0 N–H and O–H groups in total. The number of benzene rings is 1. The molecule has 1 aliphatic rings. The molecule has 0 bridgehead atoms. The van der Waals surface area contributed by atoms with Gasteiger partial charge in [-0.15, -0.1) is 0 Å². The number of hydrogen-bond acceptors (Lipinski definition) is 5. The Morgan fingerprint density at radius 1 is 1.22 bits per heavy atom. The molecular weight excluding hydrogens is 345 g/mol. The van der Waals surface area contributed by atoms with Crippen molar-refractivity contribution in [2.75, 3.05) is 13.1 Å². The maximum absolute atomic E-state index is 13.9. The van der Waals surface area contributed by atoms with Gasteiger partial charge in [0, 0.05) is 44.0 Å². The molecule has 1 aliphatic heterocycles. The first-order valence-electron chi connectivity index (χ1n) is 9.05. The van der Waals surface area contributed by atoms with E-state index in [-0.39, 0.29) is 11.7 Å². The summed E-state index contributed by atoms with van der Waals surface area (Å²) in [5.74, 6) is 1.15. The average Bonchev–Trinajstić information content (AvgIpc) is 3.27. The van der Waals surface area contributed by atoms with Crippen molar-refractivity contribution in [3.8, 4) is 11.6 Å². The van der Waals surface area contributed by atoms with Gasteiger partial charge >= 0.3 is 0 Å². The van der Waals surface area contributed by atoms with Gasteiger partial charge in [-0.05, 0) is 38.1 Å². The molecule has 0 radical (unpaired) electrons. The fourth-order valence-corrected chi connectivity index (χ4v) is 3.41. The summed E-state index contributed by atoms with van der Waals surface area (Å²) in [7, 11) is 1.96. The van der Waals surface area contributed by atoms with Crippen LogP contribution in [0.3, 0.4) is 0 Å². The number of hydrogen-bond donors (Lipinski definition) is 0. The number of aromatic nitrogens is 4. The molecule has 140 valence electrons. The van der Waals surface area contributed by atoms with E-state index >= 15 is 0 Å². The second-order valence-corrected chi connectivity index (χ2v) is 6.91. The topological polar surface area (TPSA) is 56.1 Å². The Bertz CT molecular complexity index is 942. The van der Waals surface area contributed by atoms with Gasteiger partial charge < -0.3 is 4.74 Å². The first-order chi connectivity index (χ1) is 13.1. The molecule has 4 rings (SSSR count). The molecule has 7 heteroatoms. The molecule has 0 aliphatic carbocycles. The highest BCUT2D eigenvalue weighted by Crippen LogP contribution is 2.29. The zero-order valence-corrected chi connectivity index (χ0v) is 15.5. The average molecular weight is 367 g/mol. The standard InChI is InChI=1S/C20H22FN5O/c1-14-11-19(27-18-6-4-3-5-17(18)21)24-20(23-14)15-8-10-26(12-15)13-16-7-9-22-25(16)2/h3-7,9,11,15H,8,10,12-13H2,1-2H3. The molecule has 1 aromatic carbocycles. The number of ether oxygens (including phenoxy) is 1. The van der Waals surface area contributed by atoms with Crippen molar-refractivity contribution in [1.29, 1.82) is 0 Å². The van der Waals surface area contributed by atoms with Gasteiger partial charge in [0.2, 0.25) is 5.88 Å². The zero-order chi connectivity index (χ0) is 18.8. The quantitative estimate of drug-likeness (QED) is 0.691. The highest BCUT2D eigenvalue weighted by molar-refractivity contribution is 5.29. The smallest absolute Gasteiger partial charge is 0.222 e. The number of halogens is 1. The molecular formula is C20H22FN5O. The van der Waals surface area contributed by atoms with E-state index in [2.05, 4.69) is 20.0 Å². The summed E-state index contributed by atoms with van der Waals surface area (Å²) in [6.07, 6.45) is 2.80. The predicted octanol–water partition coefficient (Wildman–Crippen LogP) is 3.44. The van der Waals surface area contributed by atoms with Crippen LogP contribution in [0.4, 0.5) is 4.39 Å². The van der Waals surface area contributed by atoms with Crippen LogP contribution in [0.25, 0.3) is 0 Å². The Kier molecular flexibility index (Phi) is 4.85. The van der Waals surface area contributed by atoms with Crippen LogP contribution in [0.5, 0.6) is 11.6 Å². The molecule has 1 atom stereocenters. The SMILES string of the molecule is Cc1cc(Oc2ccccc2F)nc(C2CCN(Cc3ccnn3C)C2)n1. The molecule has 0 saturated carbocycles. The van der Waals surface area contributed by atoms with Crippen molar-refractivity contribution in [3.63, 3.8) is 0 Å². The van der Waals surface area contributed by atoms with Gasteiger partial charge in [-0.1, -0.05) is 12.1 Å². The molecule has 3 heterocycles.